The molecule has 0 atom stereocenters. The summed E-state index contributed by atoms with van der Waals surface area (Å²) in [4.78, 5) is 24.7. The molecule has 0 saturated carbocycles. The lowest BCUT2D eigenvalue weighted by atomic mass is 10.1. The largest absolute Gasteiger partial charge is 0.416 e. The minimum atomic E-state index is -4.50. The first kappa shape index (κ1) is 21.9. The lowest BCUT2D eigenvalue weighted by molar-refractivity contribution is -0.137. The third kappa shape index (κ3) is 6.08. The topological polar surface area (TPSA) is 84.2 Å². The number of nitrogens with two attached hydrogens (primary N) is 1. The van der Waals surface area contributed by atoms with Crippen LogP contribution >= 0.6 is 0 Å². The summed E-state index contributed by atoms with van der Waals surface area (Å²) in [6, 6.07) is 17.8. The highest BCUT2D eigenvalue weighted by Gasteiger charge is 2.30. The molecule has 5 nitrogen and oxygen atoms in total. The van der Waals surface area contributed by atoms with Crippen LogP contribution < -0.4 is 16.4 Å². The van der Waals surface area contributed by atoms with Crippen LogP contribution in [0.2, 0.25) is 0 Å². The van der Waals surface area contributed by atoms with Crippen LogP contribution in [0.4, 0.5) is 30.2 Å². The number of amides is 2. The third-order valence-corrected chi connectivity index (χ3v) is 4.53. The number of hydrogen-bond donors (Lipinski definition) is 3. The number of hydrogen-bond acceptors (Lipinski definition) is 3. The summed E-state index contributed by atoms with van der Waals surface area (Å²) in [5, 5.41) is 5.15. The van der Waals surface area contributed by atoms with Crippen molar-refractivity contribution in [2.24, 2.45) is 0 Å². The van der Waals surface area contributed by atoms with Crippen LogP contribution in [0.1, 0.15) is 27.9 Å². The van der Waals surface area contributed by atoms with Crippen molar-refractivity contribution < 1.29 is 22.8 Å². The molecule has 0 radical (unpaired) electrons. The van der Waals surface area contributed by atoms with Gasteiger partial charge in [-0.2, -0.15) is 13.2 Å². The number of carbonyl (C=O) groups excluding carboxylic acids is 2. The van der Waals surface area contributed by atoms with Gasteiger partial charge in [0.2, 0.25) is 5.91 Å². The fourth-order valence-corrected chi connectivity index (χ4v) is 2.95. The highest BCUT2D eigenvalue weighted by molar-refractivity contribution is 6.05. The molecular weight excluding hydrogens is 407 g/mol. The minimum absolute atomic E-state index is 0.0229. The summed E-state index contributed by atoms with van der Waals surface area (Å²) >= 11 is 0. The third-order valence-electron chi connectivity index (χ3n) is 4.53. The van der Waals surface area contributed by atoms with Crippen LogP contribution in [0.3, 0.4) is 0 Å². The van der Waals surface area contributed by atoms with E-state index in [1.807, 2.05) is 18.2 Å². The summed E-state index contributed by atoms with van der Waals surface area (Å²) in [7, 11) is 0. The van der Waals surface area contributed by atoms with Crippen molar-refractivity contribution in [2.45, 2.75) is 19.0 Å². The second-order valence-corrected chi connectivity index (χ2v) is 6.86. The Morgan fingerprint density at radius 2 is 1.52 bits per heavy atom. The predicted octanol–water partition coefficient (Wildman–Crippen LogP) is 5.11. The zero-order valence-electron chi connectivity index (χ0n) is 16.4. The molecule has 8 heteroatoms. The maximum absolute atomic E-state index is 12.8. The van der Waals surface area contributed by atoms with Crippen LogP contribution in [0.5, 0.6) is 0 Å². The number of nitrogens with one attached hydrogen (secondary N) is 2. The molecule has 2 amide bonds. The van der Waals surface area contributed by atoms with Gasteiger partial charge in [-0.15, -0.1) is 0 Å². The lowest BCUT2D eigenvalue weighted by Gasteiger charge is -2.11. The molecule has 160 valence electrons. The van der Waals surface area contributed by atoms with Gasteiger partial charge in [-0.3, -0.25) is 9.59 Å². The molecule has 0 spiro atoms. The Bertz CT molecular complexity index is 1100. The van der Waals surface area contributed by atoms with Crippen molar-refractivity contribution >= 4 is 28.9 Å². The SMILES string of the molecule is Nc1ccccc1CCC(=O)Nc1cccc(C(=O)Nc2cccc(C(F)(F)F)c2)c1. The zero-order valence-corrected chi connectivity index (χ0v) is 16.4. The number of aryl methyl sites for hydroxylation is 1. The lowest BCUT2D eigenvalue weighted by Crippen LogP contribution is -2.15. The summed E-state index contributed by atoms with van der Waals surface area (Å²) in [5.41, 5.74) is 7.12. The average molecular weight is 427 g/mol. The molecule has 0 aliphatic heterocycles. The fraction of sp³-hybridized carbons (Fsp3) is 0.130. The number of para-hydroxylation sites is 1. The number of carbonyl (C=O) groups is 2. The van der Waals surface area contributed by atoms with Crippen molar-refractivity contribution in [1.29, 1.82) is 0 Å². The van der Waals surface area contributed by atoms with Crippen LogP contribution in [0.25, 0.3) is 0 Å². The highest BCUT2D eigenvalue weighted by atomic mass is 19.4. The standard InChI is InChI=1S/C23H20F3N3O2/c24-23(25,26)17-7-4-9-19(14-17)29-22(31)16-6-3-8-18(13-16)28-21(30)12-11-15-5-1-2-10-20(15)27/h1-10,13-14H,11-12,27H2,(H,28,30)(H,29,31). The maximum atomic E-state index is 12.8. The van der Waals surface area contributed by atoms with Crippen molar-refractivity contribution in [2.75, 3.05) is 16.4 Å². The van der Waals surface area contributed by atoms with Gasteiger partial charge < -0.3 is 16.4 Å². The second-order valence-electron chi connectivity index (χ2n) is 6.86. The predicted molar refractivity (Wildman–Crippen MR) is 114 cm³/mol. The molecule has 0 aliphatic carbocycles. The van der Waals surface area contributed by atoms with E-state index in [1.54, 1.807) is 18.2 Å². The molecular formula is C23H20F3N3O2. The Labute approximate surface area is 177 Å². The smallest absolute Gasteiger partial charge is 0.399 e. The van der Waals surface area contributed by atoms with Gasteiger partial charge >= 0.3 is 6.18 Å². The van der Waals surface area contributed by atoms with Crippen molar-refractivity contribution in [3.63, 3.8) is 0 Å². The number of benzene rings is 3. The molecule has 3 aromatic carbocycles. The van der Waals surface area contributed by atoms with Crippen LogP contribution in [0, 0.1) is 0 Å². The molecule has 31 heavy (non-hydrogen) atoms. The van der Waals surface area contributed by atoms with Crippen LogP contribution in [-0.2, 0) is 17.4 Å². The maximum Gasteiger partial charge on any atom is 0.416 e. The summed E-state index contributed by atoms with van der Waals surface area (Å²) in [6.07, 6.45) is -3.83. The minimum Gasteiger partial charge on any atom is -0.399 e. The summed E-state index contributed by atoms with van der Waals surface area (Å²) in [5.74, 6) is -0.842. The number of halogens is 3. The van der Waals surface area contributed by atoms with E-state index in [0.717, 1.165) is 17.7 Å². The number of rotatable bonds is 6. The van der Waals surface area contributed by atoms with Crippen molar-refractivity contribution in [3.05, 3.63) is 89.5 Å². The molecule has 0 bridgehead atoms. The average Bonchev–Trinajstić information content (AvgIpc) is 2.73. The van der Waals surface area contributed by atoms with Crippen molar-refractivity contribution in [1.82, 2.24) is 0 Å². The van der Waals surface area contributed by atoms with Gasteiger partial charge in [0, 0.05) is 29.0 Å². The van der Waals surface area contributed by atoms with Gasteiger partial charge in [-0.1, -0.05) is 30.3 Å². The van der Waals surface area contributed by atoms with Crippen LogP contribution in [0.15, 0.2) is 72.8 Å². The Kier molecular flexibility index (Phi) is 6.59. The second kappa shape index (κ2) is 9.34. The first-order chi connectivity index (χ1) is 14.7. The van der Waals surface area contributed by atoms with E-state index in [0.29, 0.717) is 17.8 Å². The van der Waals surface area contributed by atoms with Gasteiger partial charge in [0.05, 0.1) is 5.56 Å². The van der Waals surface area contributed by atoms with E-state index < -0.39 is 17.6 Å². The van der Waals surface area contributed by atoms with E-state index in [-0.39, 0.29) is 23.6 Å². The molecule has 0 unspecified atom stereocenters. The first-order valence-electron chi connectivity index (χ1n) is 9.44. The Morgan fingerprint density at radius 3 is 2.23 bits per heavy atom. The monoisotopic (exact) mass is 427 g/mol. The molecule has 0 fully saturated rings. The molecule has 3 aromatic rings. The Morgan fingerprint density at radius 1 is 0.839 bits per heavy atom. The van der Waals surface area contributed by atoms with Gasteiger partial charge in [-0.25, -0.2) is 0 Å². The molecule has 0 aromatic heterocycles. The van der Waals surface area contributed by atoms with Crippen LogP contribution in [-0.4, -0.2) is 11.8 Å². The number of nitrogen functional groups attached to an aromatic ring is 1. The van der Waals surface area contributed by atoms with E-state index in [2.05, 4.69) is 10.6 Å². The van der Waals surface area contributed by atoms with Gasteiger partial charge in [0.25, 0.3) is 5.91 Å². The highest BCUT2D eigenvalue weighted by Crippen LogP contribution is 2.30. The van der Waals surface area contributed by atoms with E-state index in [1.165, 1.54) is 24.3 Å². The Hall–Kier alpha value is -3.81. The van der Waals surface area contributed by atoms with Crippen molar-refractivity contribution in [3.8, 4) is 0 Å². The quantitative estimate of drug-likeness (QED) is 0.478. The molecule has 0 aliphatic rings. The van der Waals surface area contributed by atoms with E-state index in [4.69, 9.17) is 5.73 Å². The van der Waals surface area contributed by atoms with Gasteiger partial charge in [0.15, 0.2) is 0 Å². The van der Waals surface area contributed by atoms with E-state index >= 15 is 0 Å². The molecule has 0 heterocycles. The molecule has 0 saturated heterocycles. The van der Waals surface area contributed by atoms with E-state index in [9.17, 15) is 22.8 Å². The normalized spacial score (nSPS) is 11.1. The summed E-state index contributed by atoms with van der Waals surface area (Å²) in [6.45, 7) is 0. The number of anilines is 3. The molecule has 4 N–H and O–H groups in total. The van der Waals surface area contributed by atoms with Gasteiger partial charge in [-0.05, 0) is 54.4 Å². The summed E-state index contributed by atoms with van der Waals surface area (Å²) < 4.78 is 38.5. The van der Waals surface area contributed by atoms with Gasteiger partial charge in [0.1, 0.15) is 0 Å². The number of alkyl halides is 3. The Balaban J connectivity index is 1.62. The zero-order chi connectivity index (χ0) is 22.4. The molecule has 3 rings (SSSR count). The first-order valence-corrected chi connectivity index (χ1v) is 9.44. The fourth-order valence-electron chi connectivity index (χ4n) is 2.95.